The van der Waals surface area contributed by atoms with E-state index >= 15 is 0 Å². The molecule has 1 aliphatic heterocycles. The van der Waals surface area contributed by atoms with Gasteiger partial charge in [0.2, 0.25) is 0 Å². The predicted molar refractivity (Wildman–Crippen MR) is 60.6 cm³/mol. The summed E-state index contributed by atoms with van der Waals surface area (Å²) in [6, 6.07) is 7.10. The van der Waals surface area contributed by atoms with Crippen LogP contribution in [0.25, 0.3) is 0 Å². The van der Waals surface area contributed by atoms with Gasteiger partial charge in [-0.15, -0.1) is 0 Å². The standard InChI is InChI=1S/C13H17F2N/c1-2-13(14,15)11-7-5-10(6-8-11)12-4-3-9-16-12/h5-8,12,16H,2-4,9H2,1H3. The summed E-state index contributed by atoms with van der Waals surface area (Å²) in [5.41, 5.74) is 1.24. The smallest absolute Gasteiger partial charge is 0.273 e. The fourth-order valence-electron chi connectivity index (χ4n) is 2.13. The maximum Gasteiger partial charge on any atom is 0.273 e. The van der Waals surface area contributed by atoms with Gasteiger partial charge in [0.05, 0.1) is 0 Å². The van der Waals surface area contributed by atoms with Gasteiger partial charge in [0.1, 0.15) is 0 Å². The average molecular weight is 225 g/mol. The van der Waals surface area contributed by atoms with Gasteiger partial charge in [-0.05, 0) is 24.9 Å². The van der Waals surface area contributed by atoms with Crippen LogP contribution in [0.4, 0.5) is 8.78 Å². The molecule has 1 saturated heterocycles. The van der Waals surface area contributed by atoms with Crippen molar-refractivity contribution in [1.82, 2.24) is 5.32 Å². The minimum atomic E-state index is -2.69. The Morgan fingerprint density at radius 2 is 2.00 bits per heavy atom. The van der Waals surface area contributed by atoms with Crippen molar-refractivity contribution in [2.75, 3.05) is 6.54 Å². The monoisotopic (exact) mass is 225 g/mol. The van der Waals surface area contributed by atoms with Crippen molar-refractivity contribution >= 4 is 0 Å². The Morgan fingerprint density at radius 1 is 1.31 bits per heavy atom. The van der Waals surface area contributed by atoms with Crippen LogP contribution in [0.3, 0.4) is 0 Å². The Bertz CT molecular complexity index is 339. The Hall–Kier alpha value is -0.960. The second-order valence-corrected chi connectivity index (χ2v) is 4.33. The van der Waals surface area contributed by atoms with Crippen LogP contribution < -0.4 is 5.32 Å². The molecule has 88 valence electrons. The first-order chi connectivity index (χ1) is 7.63. The van der Waals surface area contributed by atoms with Gasteiger partial charge in [-0.2, -0.15) is 0 Å². The lowest BCUT2D eigenvalue weighted by Gasteiger charge is -2.16. The topological polar surface area (TPSA) is 12.0 Å². The summed E-state index contributed by atoms with van der Waals surface area (Å²) in [6.07, 6.45) is 2.12. The van der Waals surface area contributed by atoms with Crippen LogP contribution in [0.15, 0.2) is 24.3 Å². The van der Waals surface area contributed by atoms with E-state index in [1.807, 2.05) is 12.1 Å². The second kappa shape index (κ2) is 4.50. The van der Waals surface area contributed by atoms with Gasteiger partial charge < -0.3 is 5.32 Å². The third-order valence-corrected chi connectivity index (χ3v) is 3.24. The quantitative estimate of drug-likeness (QED) is 0.828. The molecule has 1 fully saturated rings. The van der Waals surface area contributed by atoms with Crippen molar-refractivity contribution in [1.29, 1.82) is 0 Å². The molecule has 1 unspecified atom stereocenters. The van der Waals surface area contributed by atoms with Crippen molar-refractivity contribution < 1.29 is 8.78 Å². The molecule has 0 bridgehead atoms. The number of benzene rings is 1. The van der Waals surface area contributed by atoms with Crippen molar-refractivity contribution in [2.24, 2.45) is 0 Å². The highest BCUT2D eigenvalue weighted by atomic mass is 19.3. The van der Waals surface area contributed by atoms with Crippen LogP contribution in [-0.4, -0.2) is 6.54 Å². The van der Waals surface area contributed by atoms with Gasteiger partial charge in [-0.1, -0.05) is 31.2 Å². The molecule has 0 saturated carbocycles. The van der Waals surface area contributed by atoms with Gasteiger partial charge in [0.25, 0.3) is 5.92 Å². The average Bonchev–Trinajstić information content (AvgIpc) is 2.83. The van der Waals surface area contributed by atoms with E-state index in [-0.39, 0.29) is 12.0 Å². The zero-order chi connectivity index (χ0) is 11.6. The zero-order valence-electron chi connectivity index (χ0n) is 9.47. The minimum Gasteiger partial charge on any atom is -0.310 e. The van der Waals surface area contributed by atoms with Crippen LogP contribution >= 0.6 is 0 Å². The molecular weight excluding hydrogens is 208 g/mol. The van der Waals surface area contributed by atoms with E-state index in [1.54, 1.807) is 12.1 Å². The maximum absolute atomic E-state index is 13.4. The van der Waals surface area contributed by atoms with E-state index in [2.05, 4.69) is 5.32 Å². The lowest BCUT2D eigenvalue weighted by Crippen LogP contribution is -2.14. The third-order valence-electron chi connectivity index (χ3n) is 3.24. The number of rotatable bonds is 3. The van der Waals surface area contributed by atoms with Crippen LogP contribution in [0.2, 0.25) is 0 Å². The normalized spacial score (nSPS) is 21.3. The van der Waals surface area contributed by atoms with Crippen molar-refractivity contribution in [3.63, 3.8) is 0 Å². The summed E-state index contributed by atoms with van der Waals surface area (Å²) in [5, 5.41) is 3.36. The molecule has 0 aliphatic carbocycles. The zero-order valence-corrected chi connectivity index (χ0v) is 9.47. The third kappa shape index (κ3) is 2.24. The van der Waals surface area contributed by atoms with E-state index < -0.39 is 5.92 Å². The number of alkyl halides is 2. The Balaban J connectivity index is 2.15. The Labute approximate surface area is 94.9 Å². The van der Waals surface area contributed by atoms with Gasteiger partial charge in [0, 0.05) is 18.0 Å². The molecule has 16 heavy (non-hydrogen) atoms. The second-order valence-electron chi connectivity index (χ2n) is 4.33. The summed E-state index contributed by atoms with van der Waals surface area (Å²) < 4.78 is 26.8. The van der Waals surface area contributed by atoms with Gasteiger partial charge in [0.15, 0.2) is 0 Å². The molecule has 1 aliphatic rings. The van der Waals surface area contributed by atoms with Crippen molar-refractivity contribution in [2.45, 2.75) is 38.2 Å². The first-order valence-corrected chi connectivity index (χ1v) is 5.85. The fraction of sp³-hybridized carbons (Fsp3) is 0.538. The first kappa shape index (κ1) is 11.5. The summed E-state index contributed by atoms with van der Waals surface area (Å²) in [7, 11) is 0. The molecular formula is C13H17F2N. The molecule has 3 heteroatoms. The first-order valence-electron chi connectivity index (χ1n) is 5.85. The Morgan fingerprint density at radius 3 is 2.50 bits per heavy atom. The lowest BCUT2D eigenvalue weighted by molar-refractivity contribution is -0.00830. The maximum atomic E-state index is 13.4. The molecule has 0 amide bonds. The van der Waals surface area contributed by atoms with Crippen LogP contribution in [0, 0.1) is 0 Å². The van der Waals surface area contributed by atoms with E-state index in [0.29, 0.717) is 6.04 Å². The lowest BCUT2D eigenvalue weighted by atomic mass is 10.00. The molecule has 1 atom stereocenters. The molecule has 1 aromatic carbocycles. The summed E-state index contributed by atoms with van der Waals surface area (Å²) in [6.45, 7) is 2.53. The highest BCUT2D eigenvalue weighted by Gasteiger charge is 2.28. The summed E-state index contributed by atoms with van der Waals surface area (Å²) >= 11 is 0. The molecule has 1 N–H and O–H groups in total. The summed E-state index contributed by atoms with van der Waals surface area (Å²) in [5.74, 6) is -2.69. The molecule has 2 rings (SSSR count). The number of hydrogen-bond donors (Lipinski definition) is 1. The number of halogens is 2. The van der Waals surface area contributed by atoms with E-state index in [9.17, 15) is 8.78 Å². The van der Waals surface area contributed by atoms with Gasteiger partial charge in [-0.25, -0.2) is 8.78 Å². The Kier molecular flexibility index (Phi) is 3.24. The molecule has 0 radical (unpaired) electrons. The minimum absolute atomic E-state index is 0.122. The fourth-order valence-corrected chi connectivity index (χ4v) is 2.13. The van der Waals surface area contributed by atoms with Crippen molar-refractivity contribution in [3.05, 3.63) is 35.4 Å². The SMILES string of the molecule is CCC(F)(F)c1ccc(C2CCCN2)cc1. The predicted octanol–water partition coefficient (Wildman–Crippen LogP) is 3.61. The molecule has 1 heterocycles. The van der Waals surface area contributed by atoms with E-state index in [0.717, 1.165) is 24.9 Å². The number of hydrogen-bond acceptors (Lipinski definition) is 1. The molecule has 0 spiro atoms. The van der Waals surface area contributed by atoms with Crippen LogP contribution in [0.5, 0.6) is 0 Å². The molecule has 0 aromatic heterocycles. The van der Waals surface area contributed by atoms with E-state index in [4.69, 9.17) is 0 Å². The van der Waals surface area contributed by atoms with Crippen LogP contribution in [0.1, 0.15) is 43.4 Å². The highest BCUT2D eigenvalue weighted by molar-refractivity contribution is 5.28. The van der Waals surface area contributed by atoms with Gasteiger partial charge in [-0.3, -0.25) is 0 Å². The number of nitrogens with one attached hydrogen (secondary N) is 1. The van der Waals surface area contributed by atoms with Gasteiger partial charge >= 0.3 is 0 Å². The molecule has 1 nitrogen and oxygen atoms in total. The van der Waals surface area contributed by atoms with Crippen molar-refractivity contribution in [3.8, 4) is 0 Å². The highest BCUT2D eigenvalue weighted by Crippen LogP contribution is 2.32. The molecule has 1 aromatic rings. The van der Waals surface area contributed by atoms with E-state index in [1.165, 1.54) is 6.92 Å². The van der Waals surface area contributed by atoms with Crippen LogP contribution in [-0.2, 0) is 5.92 Å². The summed E-state index contributed by atoms with van der Waals surface area (Å²) in [4.78, 5) is 0. The largest absolute Gasteiger partial charge is 0.310 e.